The molecule has 0 aromatic heterocycles. The number of nitrogens with zero attached hydrogens (tertiary/aromatic N) is 2. The number of carbonyl (C=O) groups excluding carboxylic acids is 1. The fraction of sp³-hybridized carbons (Fsp3) is 0.556. The molecule has 1 aromatic carbocycles. The van der Waals surface area contributed by atoms with E-state index in [4.69, 9.17) is 5.11 Å². The molecule has 0 spiro atoms. The summed E-state index contributed by atoms with van der Waals surface area (Å²) in [5.74, 6) is 1.45. The van der Waals surface area contributed by atoms with Gasteiger partial charge in [0.05, 0.1) is 6.54 Å². The predicted molar refractivity (Wildman–Crippen MR) is 119 cm³/mol. The second-order valence-electron chi connectivity index (χ2n) is 6.42. The average molecular weight is 428 g/mol. The van der Waals surface area contributed by atoms with E-state index >= 15 is 0 Å². The van der Waals surface area contributed by atoms with Gasteiger partial charge < -0.3 is 30.9 Å². The monoisotopic (exact) mass is 427 g/mol. The summed E-state index contributed by atoms with van der Waals surface area (Å²) in [6.45, 7) is 5.50. The third kappa shape index (κ3) is 8.94. The molecule has 0 atom stereocenters. The zero-order valence-electron chi connectivity index (χ0n) is 16.1. The Balaban J connectivity index is 1.54. The summed E-state index contributed by atoms with van der Waals surface area (Å²) in [5.41, 5.74) is 2.15. The van der Waals surface area contributed by atoms with Crippen LogP contribution in [0.3, 0.4) is 0 Å². The van der Waals surface area contributed by atoms with Crippen molar-refractivity contribution in [2.45, 2.75) is 0 Å². The van der Waals surface area contributed by atoms with Crippen LogP contribution < -0.4 is 20.9 Å². The lowest BCUT2D eigenvalue weighted by Gasteiger charge is -2.34. The minimum absolute atomic E-state index is 0.0405. The van der Waals surface area contributed by atoms with Crippen molar-refractivity contribution in [3.63, 3.8) is 0 Å². The van der Waals surface area contributed by atoms with Gasteiger partial charge in [-0.15, -0.1) is 0 Å². The number of hydrogen-bond acceptors (Lipinski definition) is 7. The maximum Gasteiger partial charge on any atom is 0.404 e. The SMILES string of the molecule is CN1CCN(c2ccc(NCC(=O)NCCSSCCNC(=O)O)cc2)CC1. The van der Waals surface area contributed by atoms with Crippen molar-refractivity contribution in [2.24, 2.45) is 0 Å². The molecule has 1 aliphatic rings. The van der Waals surface area contributed by atoms with Crippen molar-refractivity contribution in [3.05, 3.63) is 24.3 Å². The molecule has 1 fully saturated rings. The maximum atomic E-state index is 11.9. The van der Waals surface area contributed by atoms with Crippen LogP contribution in [0.25, 0.3) is 0 Å². The van der Waals surface area contributed by atoms with Crippen molar-refractivity contribution in [3.8, 4) is 0 Å². The van der Waals surface area contributed by atoms with Crippen LogP contribution in [0, 0.1) is 0 Å². The first-order chi connectivity index (χ1) is 13.5. The van der Waals surface area contributed by atoms with Gasteiger partial charge in [-0.05, 0) is 31.3 Å². The second kappa shape index (κ2) is 12.6. The smallest absolute Gasteiger partial charge is 0.404 e. The minimum Gasteiger partial charge on any atom is -0.465 e. The highest BCUT2D eigenvalue weighted by atomic mass is 33.1. The first-order valence-corrected chi connectivity index (χ1v) is 11.8. The molecule has 2 amide bonds. The van der Waals surface area contributed by atoms with E-state index < -0.39 is 6.09 Å². The minimum atomic E-state index is -1.00. The topological polar surface area (TPSA) is 96.9 Å². The van der Waals surface area contributed by atoms with Gasteiger partial charge in [-0.1, -0.05) is 21.6 Å². The number of carboxylic acid groups (broad SMARTS) is 1. The molecule has 10 heteroatoms. The molecule has 0 unspecified atom stereocenters. The van der Waals surface area contributed by atoms with E-state index in [1.807, 2.05) is 12.1 Å². The molecule has 0 radical (unpaired) electrons. The number of anilines is 2. The second-order valence-corrected chi connectivity index (χ2v) is 9.12. The molecular weight excluding hydrogens is 398 g/mol. The van der Waals surface area contributed by atoms with Crippen molar-refractivity contribution in [2.75, 3.05) is 74.6 Å². The molecule has 4 N–H and O–H groups in total. The molecule has 1 saturated heterocycles. The Hall–Kier alpha value is -1.78. The van der Waals surface area contributed by atoms with Gasteiger partial charge in [0.15, 0.2) is 0 Å². The highest BCUT2D eigenvalue weighted by Gasteiger charge is 2.13. The van der Waals surface area contributed by atoms with E-state index in [0.29, 0.717) is 18.8 Å². The highest BCUT2D eigenvalue weighted by molar-refractivity contribution is 8.76. The summed E-state index contributed by atoms with van der Waals surface area (Å²) >= 11 is 0. The van der Waals surface area contributed by atoms with E-state index in [0.717, 1.165) is 37.6 Å². The van der Waals surface area contributed by atoms with E-state index in [-0.39, 0.29) is 12.5 Å². The van der Waals surface area contributed by atoms with Crippen LogP contribution in [-0.4, -0.2) is 86.4 Å². The summed E-state index contributed by atoms with van der Waals surface area (Å²) in [7, 11) is 5.35. The maximum absolute atomic E-state index is 11.9. The Morgan fingerprint density at radius 2 is 1.61 bits per heavy atom. The molecule has 0 bridgehead atoms. The largest absolute Gasteiger partial charge is 0.465 e. The van der Waals surface area contributed by atoms with Gasteiger partial charge >= 0.3 is 6.09 Å². The van der Waals surface area contributed by atoms with E-state index in [1.54, 1.807) is 21.6 Å². The number of piperazine rings is 1. The number of nitrogens with one attached hydrogen (secondary N) is 3. The van der Waals surface area contributed by atoms with Gasteiger partial charge in [0, 0.05) is 62.1 Å². The van der Waals surface area contributed by atoms with Crippen LogP contribution in [0.4, 0.5) is 16.2 Å². The van der Waals surface area contributed by atoms with Crippen molar-refractivity contribution >= 4 is 45.0 Å². The van der Waals surface area contributed by atoms with Gasteiger partial charge in [0.1, 0.15) is 0 Å². The summed E-state index contributed by atoms with van der Waals surface area (Å²) in [4.78, 5) is 26.9. The summed E-state index contributed by atoms with van der Waals surface area (Å²) in [5, 5.41) is 16.8. The summed E-state index contributed by atoms with van der Waals surface area (Å²) < 4.78 is 0. The molecule has 28 heavy (non-hydrogen) atoms. The number of amides is 2. The van der Waals surface area contributed by atoms with Crippen LogP contribution in [0.2, 0.25) is 0 Å². The lowest BCUT2D eigenvalue weighted by Crippen LogP contribution is -2.44. The van der Waals surface area contributed by atoms with E-state index in [2.05, 4.69) is 44.9 Å². The highest BCUT2D eigenvalue weighted by Crippen LogP contribution is 2.20. The Labute approximate surface area is 174 Å². The Kier molecular flexibility index (Phi) is 10.2. The number of likely N-dealkylation sites (N-methyl/N-ethyl adjacent to an activating group) is 1. The zero-order chi connectivity index (χ0) is 20.2. The molecule has 1 aromatic rings. The molecule has 0 aliphatic carbocycles. The fourth-order valence-electron chi connectivity index (χ4n) is 2.65. The zero-order valence-corrected chi connectivity index (χ0v) is 17.8. The van der Waals surface area contributed by atoms with Crippen LogP contribution in [0.15, 0.2) is 24.3 Å². The van der Waals surface area contributed by atoms with Crippen molar-refractivity contribution < 1.29 is 14.7 Å². The number of benzene rings is 1. The lowest BCUT2D eigenvalue weighted by molar-refractivity contribution is -0.119. The van der Waals surface area contributed by atoms with Crippen molar-refractivity contribution in [1.29, 1.82) is 0 Å². The standard InChI is InChI=1S/C18H29N5O3S2/c1-22-8-10-23(11-9-22)16-4-2-15(3-5-16)21-14-17(24)19-6-12-27-28-13-7-20-18(25)26/h2-5,20-21H,6-14H2,1H3,(H,19,24)(H,25,26). The average Bonchev–Trinajstić information content (AvgIpc) is 2.69. The molecule has 1 aliphatic heterocycles. The van der Waals surface area contributed by atoms with Gasteiger partial charge in [0.25, 0.3) is 0 Å². The third-order valence-corrected chi connectivity index (χ3v) is 6.65. The van der Waals surface area contributed by atoms with E-state index in [1.165, 1.54) is 5.69 Å². The first-order valence-electron chi connectivity index (χ1n) is 9.30. The number of hydrogen-bond donors (Lipinski definition) is 4. The van der Waals surface area contributed by atoms with Gasteiger partial charge in [-0.2, -0.15) is 0 Å². The fourth-order valence-corrected chi connectivity index (χ4v) is 4.46. The quantitative estimate of drug-likeness (QED) is 0.312. The Bertz CT molecular complexity index is 610. The molecular formula is C18H29N5O3S2. The summed E-state index contributed by atoms with van der Waals surface area (Å²) in [6.07, 6.45) is -1.00. The first kappa shape index (κ1) is 22.5. The van der Waals surface area contributed by atoms with Crippen LogP contribution in [0.5, 0.6) is 0 Å². The Morgan fingerprint density at radius 3 is 2.21 bits per heavy atom. The predicted octanol–water partition coefficient (Wildman–Crippen LogP) is 1.62. The normalized spacial score (nSPS) is 14.5. The van der Waals surface area contributed by atoms with Gasteiger partial charge in [-0.3, -0.25) is 4.79 Å². The van der Waals surface area contributed by atoms with Crippen LogP contribution in [-0.2, 0) is 4.79 Å². The molecule has 1 heterocycles. The molecule has 0 saturated carbocycles. The summed E-state index contributed by atoms with van der Waals surface area (Å²) in [6, 6.07) is 8.22. The van der Waals surface area contributed by atoms with Crippen molar-refractivity contribution in [1.82, 2.24) is 15.5 Å². The lowest BCUT2D eigenvalue weighted by atomic mass is 10.2. The van der Waals surface area contributed by atoms with E-state index in [9.17, 15) is 9.59 Å². The molecule has 8 nitrogen and oxygen atoms in total. The van der Waals surface area contributed by atoms with Crippen LogP contribution in [0.1, 0.15) is 0 Å². The van der Waals surface area contributed by atoms with Gasteiger partial charge in [0.2, 0.25) is 5.91 Å². The number of rotatable bonds is 11. The van der Waals surface area contributed by atoms with Gasteiger partial charge in [-0.25, -0.2) is 4.79 Å². The third-order valence-electron chi connectivity index (χ3n) is 4.24. The van der Waals surface area contributed by atoms with Crippen LogP contribution >= 0.6 is 21.6 Å². The molecule has 2 rings (SSSR count). The number of carbonyl (C=O) groups is 2. The Morgan fingerprint density at radius 1 is 1.00 bits per heavy atom. The molecule has 156 valence electrons.